The van der Waals surface area contributed by atoms with Gasteiger partial charge >= 0.3 is 0 Å². The fourth-order valence-electron chi connectivity index (χ4n) is 1.61. The number of para-hydroxylation sites is 1. The molecule has 1 heterocycles. The first-order chi connectivity index (χ1) is 7.31. The molecule has 0 amide bonds. The number of rotatable bonds is 3. The van der Waals surface area contributed by atoms with E-state index in [1.165, 1.54) is 0 Å². The van der Waals surface area contributed by atoms with Gasteiger partial charge in [0.05, 0.1) is 5.52 Å². The van der Waals surface area contributed by atoms with Gasteiger partial charge in [-0.15, -0.1) is 0 Å². The molecule has 0 spiro atoms. The van der Waals surface area contributed by atoms with Gasteiger partial charge in [0.1, 0.15) is 12.4 Å². The Morgan fingerprint density at radius 2 is 2.13 bits per heavy atom. The average molecular weight is 201 g/mol. The molecule has 2 rings (SSSR count). The van der Waals surface area contributed by atoms with Gasteiger partial charge in [-0.05, 0) is 17.7 Å². The van der Waals surface area contributed by atoms with Crippen molar-refractivity contribution in [3.8, 4) is 0 Å². The number of benzene rings is 1. The number of fused-ring (bicyclic) bond motifs is 1. The number of nitrogens with zero attached hydrogens (tertiary/aromatic N) is 1. The zero-order chi connectivity index (χ0) is 10.7. The maximum Gasteiger partial charge on any atom is 0.148 e. The fourth-order valence-corrected chi connectivity index (χ4v) is 1.61. The van der Waals surface area contributed by atoms with E-state index in [2.05, 4.69) is 4.98 Å². The molecule has 0 bridgehead atoms. The molecule has 15 heavy (non-hydrogen) atoms. The molecule has 3 heteroatoms. The second-order valence-corrected chi connectivity index (χ2v) is 3.39. The highest BCUT2D eigenvalue weighted by molar-refractivity contribution is 5.82. The van der Waals surface area contributed by atoms with E-state index in [0.717, 1.165) is 16.5 Å². The van der Waals surface area contributed by atoms with Crippen molar-refractivity contribution in [1.82, 2.24) is 4.98 Å². The number of carbonyl (C=O) groups excluding carboxylic acids is 1. The van der Waals surface area contributed by atoms with Gasteiger partial charge < -0.3 is 9.90 Å². The van der Waals surface area contributed by atoms with Crippen LogP contribution in [0.25, 0.3) is 10.9 Å². The highest BCUT2D eigenvalue weighted by atomic mass is 16.3. The maximum atomic E-state index is 10.4. The minimum Gasteiger partial charge on any atom is -0.385 e. The first-order valence-corrected chi connectivity index (χ1v) is 4.77. The van der Waals surface area contributed by atoms with Crippen LogP contribution in [-0.2, 0) is 11.2 Å². The summed E-state index contributed by atoms with van der Waals surface area (Å²) in [7, 11) is 0. The number of hydrogen-bond acceptors (Lipinski definition) is 3. The second kappa shape index (κ2) is 4.19. The summed E-state index contributed by atoms with van der Waals surface area (Å²) < 4.78 is 0. The van der Waals surface area contributed by atoms with E-state index in [1.54, 1.807) is 6.20 Å². The SMILES string of the molecule is O=CC(O)Cc1ccnc2ccccc12. The molecule has 1 N–H and O–H groups in total. The minimum absolute atomic E-state index is 0.340. The van der Waals surface area contributed by atoms with Gasteiger partial charge in [0.25, 0.3) is 0 Å². The van der Waals surface area contributed by atoms with Gasteiger partial charge in [0, 0.05) is 18.0 Å². The van der Waals surface area contributed by atoms with E-state index in [-0.39, 0.29) is 0 Å². The van der Waals surface area contributed by atoms with Crippen molar-refractivity contribution >= 4 is 17.2 Å². The van der Waals surface area contributed by atoms with Crippen molar-refractivity contribution in [2.24, 2.45) is 0 Å². The van der Waals surface area contributed by atoms with Crippen LogP contribution in [0.3, 0.4) is 0 Å². The molecule has 0 fully saturated rings. The molecule has 76 valence electrons. The number of aliphatic hydroxyl groups excluding tert-OH is 1. The molecule has 0 aliphatic carbocycles. The molecule has 0 saturated heterocycles. The number of carbonyl (C=O) groups is 1. The molecule has 1 aromatic heterocycles. The van der Waals surface area contributed by atoms with Crippen LogP contribution in [0.2, 0.25) is 0 Å². The third-order valence-corrected chi connectivity index (χ3v) is 2.33. The Balaban J connectivity index is 2.46. The van der Waals surface area contributed by atoms with Crippen LogP contribution < -0.4 is 0 Å². The lowest BCUT2D eigenvalue weighted by atomic mass is 10.0. The van der Waals surface area contributed by atoms with Gasteiger partial charge in [-0.3, -0.25) is 4.98 Å². The fraction of sp³-hybridized carbons (Fsp3) is 0.167. The number of aldehydes is 1. The van der Waals surface area contributed by atoms with E-state index in [1.807, 2.05) is 30.3 Å². The Bertz CT molecular complexity index is 477. The number of aromatic nitrogens is 1. The van der Waals surface area contributed by atoms with E-state index in [4.69, 9.17) is 0 Å². The predicted octanol–water partition coefficient (Wildman–Crippen LogP) is 1.34. The maximum absolute atomic E-state index is 10.4. The lowest BCUT2D eigenvalue weighted by Crippen LogP contribution is -2.11. The summed E-state index contributed by atoms with van der Waals surface area (Å²) in [6, 6.07) is 9.51. The summed E-state index contributed by atoms with van der Waals surface area (Å²) in [4.78, 5) is 14.6. The summed E-state index contributed by atoms with van der Waals surface area (Å²) in [5.41, 5.74) is 1.83. The molecule has 3 nitrogen and oxygen atoms in total. The van der Waals surface area contributed by atoms with E-state index >= 15 is 0 Å². The quantitative estimate of drug-likeness (QED) is 0.762. The van der Waals surface area contributed by atoms with Crippen molar-refractivity contribution < 1.29 is 9.90 Å². The predicted molar refractivity (Wildman–Crippen MR) is 57.5 cm³/mol. The number of hydrogen-bond donors (Lipinski definition) is 1. The lowest BCUT2D eigenvalue weighted by Gasteiger charge is -2.06. The summed E-state index contributed by atoms with van der Waals surface area (Å²) in [6.07, 6.45) is 1.65. The molecule has 0 aliphatic rings. The van der Waals surface area contributed by atoms with Crippen LogP contribution in [0.1, 0.15) is 5.56 Å². The highest BCUT2D eigenvalue weighted by Gasteiger charge is 2.06. The Morgan fingerprint density at radius 1 is 1.33 bits per heavy atom. The molecule has 0 aliphatic heterocycles. The first kappa shape index (κ1) is 9.80. The van der Waals surface area contributed by atoms with Crippen molar-refractivity contribution in [3.63, 3.8) is 0 Å². The van der Waals surface area contributed by atoms with Crippen molar-refractivity contribution in [2.45, 2.75) is 12.5 Å². The van der Waals surface area contributed by atoms with Crippen LogP contribution in [0.15, 0.2) is 36.5 Å². The Morgan fingerprint density at radius 3 is 2.93 bits per heavy atom. The molecule has 0 saturated carbocycles. The monoisotopic (exact) mass is 201 g/mol. The van der Waals surface area contributed by atoms with Gasteiger partial charge in [-0.1, -0.05) is 18.2 Å². The highest BCUT2D eigenvalue weighted by Crippen LogP contribution is 2.17. The van der Waals surface area contributed by atoms with Gasteiger partial charge in [-0.25, -0.2) is 0 Å². The van der Waals surface area contributed by atoms with E-state index in [0.29, 0.717) is 12.7 Å². The molecule has 2 aromatic rings. The zero-order valence-corrected chi connectivity index (χ0v) is 8.13. The van der Waals surface area contributed by atoms with Crippen LogP contribution in [0.5, 0.6) is 0 Å². The van der Waals surface area contributed by atoms with Gasteiger partial charge in [0.2, 0.25) is 0 Å². The van der Waals surface area contributed by atoms with Crippen LogP contribution >= 0.6 is 0 Å². The topological polar surface area (TPSA) is 50.2 Å². The third-order valence-electron chi connectivity index (χ3n) is 2.33. The average Bonchev–Trinajstić information content (AvgIpc) is 2.29. The summed E-state index contributed by atoms with van der Waals surface area (Å²) >= 11 is 0. The molecule has 0 radical (unpaired) electrons. The van der Waals surface area contributed by atoms with Crippen molar-refractivity contribution in [1.29, 1.82) is 0 Å². The first-order valence-electron chi connectivity index (χ1n) is 4.77. The third kappa shape index (κ3) is 2.02. The standard InChI is InChI=1S/C12H11NO2/c14-8-10(15)7-9-5-6-13-12-4-2-1-3-11(9)12/h1-6,8,10,15H,7H2. The van der Waals surface area contributed by atoms with Gasteiger partial charge in [-0.2, -0.15) is 0 Å². The Hall–Kier alpha value is -1.74. The molecular weight excluding hydrogens is 190 g/mol. The van der Waals surface area contributed by atoms with Crippen LogP contribution in [0, 0.1) is 0 Å². The minimum atomic E-state index is -0.934. The molecule has 1 aromatic carbocycles. The van der Waals surface area contributed by atoms with Gasteiger partial charge in [0.15, 0.2) is 0 Å². The lowest BCUT2D eigenvalue weighted by molar-refractivity contribution is -0.114. The second-order valence-electron chi connectivity index (χ2n) is 3.39. The van der Waals surface area contributed by atoms with Crippen molar-refractivity contribution in [3.05, 3.63) is 42.1 Å². The molecule has 1 atom stereocenters. The molecular formula is C12H11NO2. The molecule has 1 unspecified atom stereocenters. The van der Waals surface area contributed by atoms with Crippen molar-refractivity contribution in [2.75, 3.05) is 0 Å². The largest absolute Gasteiger partial charge is 0.385 e. The number of pyridine rings is 1. The Kier molecular flexibility index (Phi) is 2.74. The number of aliphatic hydroxyl groups is 1. The van der Waals surface area contributed by atoms with E-state index in [9.17, 15) is 9.90 Å². The van der Waals surface area contributed by atoms with Crippen LogP contribution in [0.4, 0.5) is 0 Å². The van der Waals surface area contributed by atoms with E-state index < -0.39 is 6.10 Å². The van der Waals surface area contributed by atoms with Crippen LogP contribution in [-0.4, -0.2) is 22.5 Å². The normalized spacial score (nSPS) is 12.6. The zero-order valence-electron chi connectivity index (χ0n) is 8.13. The summed E-state index contributed by atoms with van der Waals surface area (Å²) in [5, 5.41) is 10.3. The summed E-state index contributed by atoms with van der Waals surface area (Å²) in [6.45, 7) is 0. The smallest absolute Gasteiger partial charge is 0.148 e. The Labute approximate surface area is 87.4 Å². The summed E-state index contributed by atoms with van der Waals surface area (Å²) in [5.74, 6) is 0.